The lowest BCUT2D eigenvalue weighted by molar-refractivity contribution is -0.132. The van der Waals surface area contributed by atoms with E-state index >= 15 is 0 Å². The first-order valence-electron chi connectivity index (χ1n) is 10.3. The standard InChI is InChI=1S/C23H26N4O5S/c1-16(28)32-18-11-9-17(10-12-18)15-24-27(14-13-21(29)25-23(2,3)4)22-19-7-5-6-8-20(19)33(30,31)26-22/h5-12,15H,13-14H2,1-4H3,(H,25,29). The summed E-state index contributed by atoms with van der Waals surface area (Å²) < 4.78 is 33.9. The molecule has 0 bridgehead atoms. The van der Waals surface area contributed by atoms with Crippen LogP contribution in [0.25, 0.3) is 0 Å². The maximum atomic E-state index is 12.5. The van der Waals surface area contributed by atoms with Crippen LogP contribution in [-0.4, -0.2) is 49.4 Å². The molecule has 0 aliphatic carbocycles. The summed E-state index contributed by atoms with van der Waals surface area (Å²) in [7, 11) is -3.84. The fraction of sp³-hybridized carbons (Fsp3) is 0.304. The fourth-order valence-electron chi connectivity index (χ4n) is 3.11. The van der Waals surface area contributed by atoms with E-state index < -0.39 is 21.5 Å². The van der Waals surface area contributed by atoms with Gasteiger partial charge in [-0.1, -0.05) is 12.1 Å². The average molecular weight is 471 g/mol. The number of esters is 1. The van der Waals surface area contributed by atoms with Gasteiger partial charge < -0.3 is 10.1 Å². The van der Waals surface area contributed by atoms with Gasteiger partial charge in [0.05, 0.1) is 12.8 Å². The minimum absolute atomic E-state index is 0.0846. The van der Waals surface area contributed by atoms with E-state index in [0.717, 1.165) is 0 Å². The maximum absolute atomic E-state index is 12.5. The molecule has 0 saturated carbocycles. The number of sulfonamides is 1. The largest absolute Gasteiger partial charge is 0.427 e. The van der Waals surface area contributed by atoms with E-state index in [0.29, 0.717) is 16.9 Å². The van der Waals surface area contributed by atoms with Crippen molar-refractivity contribution < 1.29 is 22.7 Å². The summed E-state index contributed by atoms with van der Waals surface area (Å²) in [4.78, 5) is 23.5. The van der Waals surface area contributed by atoms with Crippen molar-refractivity contribution in [1.29, 1.82) is 0 Å². The number of hydrogen-bond donors (Lipinski definition) is 1. The number of hydrazone groups is 1. The second-order valence-electron chi connectivity index (χ2n) is 8.46. The van der Waals surface area contributed by atoms with Crippen LogP contribution in [0.3, 0.4) is 0 Å². The molecule has 0 radical (unpaired) electrons. The van der Waals surface area contributed by atoms with Gasteiger partial charge in [0.25, 0.3) is 10.0 Å². The second-order valence-corrected chi connectivity index (χ2v) is 10.0. The van der Waals surface area contributed by atoms with Crippen LogP contribution >= 0.6 is 0 Å². The van der Waals surface area contributed by atoms with Gasteiger partial charge in [-0.05, 0) is 62.7 Å². The van der Waals surface area contributed by atoms with Crippen LogP contribution in [0.15, 0.2) is 62.9 Å². The van der Waals surface area contributed by atoms with Crippen LogP contribution in [0, 0.1) is 0 Å². The van der Waals surface area contributed by atoms with Crippen molar-refractivity contribution >= 4 is 33.9 Å². The van der Waals surface area contributed by atoms with E-state index in [1.54, 1.807) is 42.5 Å². The van der Waals surface area contributed by atoms with Crippen LogP contribution in [0.5, 0.6) is 5.75 Å². The van der Waals surface area contributed by atoms with Gasteiger partial charge in [0.15, 0.2) is 5.84 Å². The van der Waals surface area contributed by atoms with E-state index in [2.05, 4.69) is 14.8 Å². The quantitative estimate of drug-likeness (QED) is 0.300. The molecule has 3 rings (SSSR count). The third-order valence-electron chi connectivity index (χ3n) is 4.41. The molecule has 9 nitrogen and oxygen atoms in total. The minimum atomic E-state index is -3.84. The highest BCUT2D eigenvalue weighted by Gasteiger charge is 2.32. The van der Waals surface area contributed by atoms with E-state index in [1.807, 2.05) is 20.8 Å². The highest BCUT2D eigenvalue weighted by Crippen LogP contribution is 2.27. The van der Waals surface area contributed by atoms with Gasteiger partial charge in [-0.3, -0.25) is 9.59 Å². The number of amidine groups is 1. The van der Waals surface area contributed by atoms with E-state index in [1.165, 1.54) is 24.2 Å². The van der Waals surface area contributed by atoms with Crippen molar-refractivity contribution in [3.63, 3.8) is 0 Å². The molecule has 0 aromatic heterocycles. The van der Waals surface area contributed by atoms with Crippen molar-refractivity contribution in [1.82, 2.24) is 10.3 Å². The molecule has 0 fully saturated rings. The van der Waals surface area contributed by atoms with Crippen LogP contribution in [0.1, 0.15) is 45.2 Å². The molecule has 174 valence electrons. The maximum Gasteiger partial charge on any atom is 0.308 e. The number of ether oxygens (including phenoxy) is 1. The zero-order valence-corrected chi connectivity index (χ0v) is 19.7. The van der Waals surface area contributed by atoms with Crippen molar-refractivity contribution in [2.75, 3.05) is 6.54 Å². The van der Waals surface area contributed by atoms with Gasteiger partial charge in [0.1, 0.15) is 10.6 Å². The number of carbonyl (C=O) groups excluding carboxylic acids is 2. The third kappa shape index (κ3) is 6.48. The number of benzene rings is 2. The predicted molar refractivity (Wildman–Crippen MR) is 125 cm³/mol. The van der Waals surface area contributed by atoms with Crippen LogP contribution in [0.2, 0.25) is 0 Å². The van der Waals surface area contributed by atoms with E-state index in [4.69, 9.17) is 4.74 Å². The Morgan fingerprint density at radius 1 is 1.12 bits per heavy atom. The molecule has 2 aromatic carbocycles. The molecule has 0 spiro atoms. The monoisotopic (exact) mass is 470 g/mol. The van der Waals surface area contributed by atoms with Crippen LogP contribution in [0.4, 0.5) is 0 Å². The normalized spacial score (nSPS) is 14.5. The Labute approximate surface area is 193 Å². The summed E-state index contributed by atoms with van der Waals surface area (Å²) in [5, 5.41) is 8.71. The number of fused-ring (bicyclic) bond motifs is 1. The number of rotatable bonds is 6. The minimum Gasteiger partial charge on any atom is -0.427 e. The lowest BCUT2D eigenvalue weighted by atomic mass is 10.1. The smallest absolute Gasteiger partial charge is 0.308 e. The topological polar surface area (TPSA) is 118 Å². The van der Waals surface area contributed by atoms with Gasteiger partial charge in [-0.15, -0.1) is 4.40 Å². The first-order valence-corrected chi connectivity index (χ1v) is 11.7. The Kier molecular flexibility index (Phi) is 6.97. The predicted octanol–water partition coefficient (Wildman–Crippen LogP) is 2.70. The van der Waals surface area contributed by atoms with Gasteiger partial charge in [-0.25, -0.2) is 5.01 Å². The number of amides is 1. The van der Waals surface area contributed by atoms with E-state index in [-0.39, 0.29) is 29.6 Å². The average Bonchev–Trinajstić information content (AvgIpc) is 2.99. The Bertz CT molecular complexity index is 1210. The summed E-state index contributed by atoms with van der Waals surface area (Å²) in [5.41, 5.74) is 0.719. The second kappa shape index (κ2) is 9.53. The molecule has 0 saturated heterocycles. The molecule has 1 amide bonds. The van der Waals surface area contributed by atoms with E-state index in [9.17, 15) is 18.0 Å². The summed E-state index contributed by atoms with van der Waals surface area (Å²) in [6.07, 6.45) is 1.61. The lowest BCUT2D eigenvalue weighted by Gasteiger charge is -2.22. The molecular formula is C23H26N4O5S. The first-order chi connectivity index (χ1) is 15.4. The summed E-state index contributed by atoms with van der Waals surface area (Å²) in [6.45, 7) is 7.07. The number of carbonyl (C=O) groups is 2. The SMILES string of the molecule is CC(=O)Oc1ccc(C=NN(CCC(=O)NC(C)(C)C)C2=NS(=O)(=O)c3ccccc32)cc1. The highest BCUT2D eigenvalue weighted by atomic mass is 32.2. The lowest BCUT2D eigenvalue weighted by Crippen LogP contribution is -2.42. The molecule has 1 aliphatic rings. The third-order valence-corrected chi connectivity index (χ3v) is 5.74. The zero-order valence-electron chi connectivity index (χ0n) is 18.9. The number of nitrogens with one attached hydrogen (secondary N) is 1. The Morgan fingerprint density at radius 3 is 2.42 bits per heavy atom. The Balaban J connectivity index is 1.87. The fourth-order valence-corrected chi connectivity index (χ4v) is 4.31. The number of nitrogens with zero attached hydrogens (tertiary/aromatic N) is 3. The summed E-state index contributed by atoms with van der Waals surface area (Å²) in [6, 6.07) is 13.1. The van der Waals surface area contributed by atoms with Crippen molar-refractivity contribution in [2.45, 2.75) is 44.6 Å². The molecule has 33 heavy (non-hydrogen) atoms. The molecule has 1 aliphatic heterocycles. The van der Waals surface area contributed by atoms with Gasteiger partial charge in [0, 0.05) is 24.4 Å². The Hall–Kier alpha value is -3.53. The molecule has 2 aromatic rings. The van der Waals surface area contributed by atoms with Gasteiger partial charge >= 0.3 is 5.97 Å². The van der Waals surface area contributed by atoms with Crippen molar-refractivity contribution in [3.8, 4) is 5.75 Å². The zero-order chi connectivity index (χ0) is 24.2. The first kappa shape index (κ1) is 24.1. The highest BCUT2D eigenvalue weighted by molar-refractivity contribution is 7.90. The molecule has 10 heteroatoms. The molecule has 1 heterocycles. The van der Waals surface area contributed by atoms with Crippen molar-refractivity contribution in [2.24, 2.45) is 9.50 Å². The Morgan fingerprint density at radius 2 is 1.79 bits per heavy atom. The summed E-state index contributed by atoms with van der Waals surface area (Å²) in [5.74, 6) is -0.0593. The van der Waals surface area contributed by atoms with Gasteiger partial charge in [-0.2, -0.15) is 13.5 Å². The summed E-state index contributed by atoms with van der Waals surface area (Å²) >= 11 is 0. The van der Waals surface area contributed by atoms with Crippen LogP contribution in [-0.2, 0) is 19.6 Å². The molecular weight excluding hydrogens is 444 g/mol. The van der Waals surface area contributed by atoms with Gasteiger partial charge in [0.2, 0.25) is 5.91 Å². The molecule has 0 atom stereocenters. The van der Waals surface area contributed by atoms with Crippen molar-refractivity contribution in [3.05, 3.63) is 59.7 Å². The molecule has 0 unspecified atom stereocenters. The molecule has 1 N–H and O–H groups in total. The number of hydrogen-bond acceptors (Lipinski definition) is 7. The van der Waals surface area contributed by atoms with Crippen LogP contribution < -0.4 is 10.1 Å².